The summed E-state index contributed by atoms with van der Waals surface area (Å²) >= 11 is 0. The first-order valence-electron chi connectivity index (χ1n) is 7.86. The molecule has 2 heterocycles. The Morgan fingerprint density at radius 1 is 1.24 bits per heavy atom. The van der Waals surface area contributed by atoms with Crippen molar-refractivity contribution in [2.45, 2.75) is 18.9 Å². The summed E-state index contributed by atoms with van der Waals surface area (Å²) in [4.78, 5) is 25.2. The van der Waals surface area contributed by atoms with E-state index in [1.807, 2.05) is 6.07 Å². The van der Waals surface area contributed by atoms with Gasteiger partial charge in [-0.25, -0.2) is 4.79 Å². The molecule has 132 valence electrons. The number of hydrogen-bond acceptors (Lipinski definition) is 5. The van der Waals surface area contributed by atoms with Gasteiger partial charge in [0.1, 0.15) is 11.7 Å². The highest BCUT2D eigenvalue weighted by atomic mass is 16.5. The van der Waals surface area contributed by atoms with Gasteiger partial charge in [0.05, 0.1) is 19.9 Å². The van der Waals surface area contributed by atoms with E-state index in [0.29, 0.717) is 36.6 Å². The van der Waals surface area contributed by atoms with Gasteiger partial charge in [0.25, 0.3) is 5.91 Å². The standard InChI is InChI=1S/C17H19N3O5/c1-24-14-6-5-10(8-15(14)25-2)11-9-12(19-18-11)16(21)20-7-3-4-13(20)17(22)23/h5-6,8-9,13H,3-4,7H2,1-2H3,(H,18,19)(H,22,23). The molecule has 1 amide bonds. The molecular weight excluding hydrogens is 326 g/mol. The third-order valence-corrected chi connectivity index (χ3v) is 4.29. The van der Waals surface area contributed by atoms with Gasteiger partial charge in [-0.15, -0.1) is 0 Å². The summed E-state index contributed by atoms with van der Waals surface area (Å²) in [7, 11) is 3.10. The van der Waals surface area contributed by atoms with Crippen molar-refractivity contribution in [1.82, 2.24) is 15.1 Å². The lowest BCUT2D eigenvalue weighted by Gasteiger charge is -2.20. The molecule has 1 saturated heterocycles. The normalized spacial score (nSPS) is 16.7. The van der Waals surface area contributed by atoms with E-state index in [9.17, 15) is 14.7 Å². The third kappa shape index (κ3) is 3.15. The van der Waals surface area contributed by atoms with Crippen molar-refractivity contribution in [2.75, 3.05) is 20.8 Å². The number of likely N-dealkylation sites (tertiary alicyclic amines) is 1. The molecule has 0 aliphatic carbocycles. The number of aromatic amines is 1. The Hall–Kier alpha value is -3.03. The number of aliphatic carboxylic acids is 1. The molecule has 1 aliphatic heterocycles. The topological polar surface area (TPSA) is 105 Å². The fraction of sp³-hybridized carbons (Fsp3) is 0.353. The van der Waals surface area contributed by atoms with Gasteiger partial charge in [0, 0.05) is 12.1 Å². The van der Waals surface area contributed by atoms with Gasteiger partial charge in [-0.3, -0.25) is 9.89 Å². The van der Waals surface area contributed by atoms with Gasteiger partial charge >= 0.3 is 5.97 Å². The Labute approximate surface area is 144 Å². The fourth-order valence-electron chi connectivity index (χ4n) is 3.00. The second-order valence-electron chi connectivity index (χ2n) is 5.73. The highest BCUT2D eigenvalue weighted by molar-refractivity contribution is 5.96. The Bertz CT molecular complexity index is 801. The van der Waals surface area contributed by atoms with Crippen LogP contribution in [0.5, 0.6) is 11.5 Å². The summed E-state index contributed by atoms with van der Waals surface area (Å²) in [6.07, 6.45) is 1.15. The van der Waals surface area contributed by atoms with Crippen LogP contribution in [0.15, 0.2) is 24.3 Å². The summed E-state index contributed by atoms with van der Waals surface area (Å²) in [5, 5.41) is 16.1. The Kier molecular flexibility index (Phi) is 4.60. The van der Waals surface area contributed by atoms with Crippen LogP contribution in [0.1, 0.15) is 23.3 Å². The average Bonchev–Trinajstić information content (AvgIpc) is 3.30. The summed E-state index contributed by atoms with van der Waals surface area (Å²) in [5.74, 6) is -0.185. The maximum atomic E-state index is 12.6. The minimum absolute atomic E-state index is 0.262. The van der Waals surface area contributed by atoms with E-state index in [-0.39, 0.29) is 11.6 Å². The SMILES string of the molecule is COc1ccc(-c2cc(C(=O)N3CCCC3C(=O)O)[nH]n2)cc1OC. The molecule has 3 rings (SSSR count). The number of ether oxygens (including phenoxy) is 2. The Balaban J connectivity index is 1.85. The predicted molar refractivity (Wildman–Crippen MR) is 88.8 cm³/mol. The van der Waals surface area contributed by atoms with Crippen LogP contribution in [0.4, 0.5) is 0 Å². The molecule has 0 radical (unpaired) electrons. The number of carboxylic acid groups (broad SMARTS) is 1. The van der Waals surface area contributed by atoms with E-state index in [1.165, 1.54) is 4.90 Å². The van der Waals surface area contributed by atoms with Crippen molar-refractivity contribution in [3.63, 3.8) is 0 Å². The van der Waals surface area contributed by atoms with Gasteiger partial charge in [0.15, 0.2) is 11.5 Å². The molecule has 0 saturated carbocycles. The van der Waals surface area contributed by atoms with Crippen LogP contribution in [0, 0.1) is 0 Å². The second-order valence-corrected chi connectivity index (χ2v) is 5.73. The zero-order chi connectivity index (χ0) is 18.0. The van der Waals surface area contributed by atoms with Crippen LogP contribution in [-0.4, -0.2) is 58.9 Å². The van der Waals surface area contributed by atoms with Gasteiger partial charge in [-0.1, -0.05) is 0 Å². The quantitative estimate of drug-likeness (QED) is 0.856. The maximum absolute atomic E-state index is 12.6. The molecule has 2 N–H and O–H groups in total. The lowest BCUT2D eigenvalue weighted by atomic mass is 10.1. The van der Waals surface area contributed by atoms with Crippen molar-refractivity contribution in [1.29, 1.82) is 0 Å². The highest BCUT2D eigenvalue weighted by Crippen LogP contribution is 2.32. The summed E-state index contributed by atoms with van der Waals surface area (Å²) in [6.45, 7) is 0.431. The van der Waals surface area contributed by atoms with Crippen molar-refractivity contribution < 1.29 is 24.2 Å². The van der Waals surface area contributed by atoms with E-state index >= 15 is 0 Å². The number of rotatable bonds is 5. The monoisotopic (exact) mass is 345 g/mol. The van der Waals surface area contributed by atoms with Crippen molar-refractivity contribution in [2.24, 2.45) is 0 Å². The number of nitrogens with one attached hydrogen (secondary N) is 1. The molecule has 1 aromatic carbocycles. The Morgan fingerprint density at radius 2 is 2.00 bits per heavy atom. The fourth-order valence-corrected chi connectivity index (χ4v) is 3.00. The Morgan fingerprint density at radius 3 is 2.68 bits per heavy atom. The minimum Gasteiger partial charge on any atom is -0.493 e. The van der Waals surface area contributed by atoms with Crippen molar-refractivity contribution in [3.8, 4) is 22.8 Å². The summed E-state index contributed by atoms with van der Waals surface area (Å²) < 4.78 is 10.5. The minimum atomic E-state index is -0.981. The third-order valence-electron chi connectivity index (χ3n) is 4.29. The van der Waals surface area contributed by atoms with E-state index in [1.54, 1.807) is 32.4 Å². The molecule has 0 bridgehead atoms. The molecule has 25 heavy (non-hydrogen) atoms. The number of benzene rings is 1. The molecule has 1 atom stereocenters. The van der Waals surface area contributed by atoms with Crippen LogP contribution >= 0.6 is 0 Å². The van der Waals surface area contributed by atoms with Crippen molar-refractivity contribution in [3.05, 3.63) is 30.0 Å². The summed E-state index contributed by atoms with van der Waals surface area (Å²) in [5.41, 5.74) is 1.58. The van der Waals surface area contributed by atoms with Crippen LogP contribution < -0.4 is 9.47 Å². The van der Waals surface area contributed by atoms with Crippen molar-refractivity contribution >= 4 is 11.9 Å². The molecule has 1 aliphatic rings. The van der Waals surface area contributed by atoms with Crippen LogP contribution in [0.3, 0.4) is 0 Å². The summed E-state index contributed by atoms with van der Waals surface area (Å²) in [6, 6.07) is 6.16. The van der Waals surface area contributed by atoms with E-state index < -0.39 is 12.0 Å². The molecule has 2 aromatic rings. The lowest BCUT2D eigenvalue weighted by molar-refractivity contribution is -0.141. The van der Waals surface area contributed by atoms with Crippen LogP contribution in [0.25, 0.3) is 11.3 Å². The predicted octanol–water partition coefficient (Wildman–Crippen LogP) is 1.78. The second kappa shape index (κ2) is 6.84. The number of methoxy groups -OCH3 is 2. The number of aromatic nitrogens is 2. The number of H-pyrrole nitrogens is 1. The van der Waals surface area contributed by atoms with Gasteiger partial charge in [0.2, 0.25) is 0 Å². The molecule has 1 aromatic heterocycles. The molecule has 1 unspecified atom stereocenters. The van der Waals surface area contributed by atoms with E-state index in [4.69, 9.17) is 9.47 Å². The van der Waals surface area contributed by atoms with Gasteiger partial charge in [-0.05, 0) is 37.1 Å². The lowest BCUT2D eigenvalue weighted by Crippen LogP contribution is -2.40. The van der Waals surface area contributed by atoms with E-state index in [2.05, 4.69) is 10.2 Å². The number of carbonyl (C=O) groups excluding carboxylic acids is 1. The number of carbonyl (C=O) groups is 2. The molecule has 8 nitrogen and oxygen atoms in total. The number of amides is 1. The first-order valence-corrected chi connectivity index (χ1v) is 7.86. The first kappa shape index (κ1) is 16.8. The first-order chi connectivity index (χ1) is 12.0. The van der Waals surface area contributed by atoms with Crippen LogP contribution in [-0.2, 0) is 4.79 Å². The largest absolute Gasteiger partial charge is 0.493 e. The maximum Gasteiger partial charge on any atom is 0.326 e. The van der Waals surface area contributed by atoms with Gasteiger partial charge < -0.3 is 19.5 Å². The van der Waals surface area contributed by atoms with Gasteiger partial charge in [-0.2, -0.15) is 5.10 Å². The van der Waals surface area contributed by atoms with Crippen LogP contribution in [0.2, 0.25) is 0 Å². The molecular formula is C17H19N3O5. The van der Waals surface area contributed by atoms with E-state index in [0.717, 1.165) is 5.56 Å². The highest BCUT2D eigenvalue weighted by Gasteiger charge is 2.35. The smallest absolute Gasteiger partial charge is 0.326 e. The number of nitrogens with zero attached hydrogens (tertiary/aromatic N) is 2. The zero-order valence-corrected chi connectivity index (χ0v) is 14.0. The molecule has 0 spiro atoms. The average molecular weight is 345 g/mol. The zero-order valence-electron chi connectivity index (χ0n) is 14.0. The molecule has 8 heteroatoms. The molecule has 1 fully saturated rings. The number of hydrogen-bond donors (Lipinski definition) is 2. The number of carboxylic acids is 1.